The van der Waals surface area contributed by atoms with Crippen molar-refractivity contribution in [3.63, 3.8) is 0 Å². The number of carbonyl (C=O) groups excluding carboxylic acids is 1. The lowest BCUT2D eigenvalue weighted by Crippen LogP contribution is -2.40. The average Bonchev–Trinajstić information content (AvgIpc) is 3.18. The molecule has 2 aromatic rings. The maximum Gasteiger partial charge on any atom is 0.264 e. The Labute approximate surface area is 169 Å². The molecular weight excluding hydrogens is 372 g/mol. The molecule has 0 radical (unpaired) electrons. The summed E-state index contributed by atoms with van der Waals surface area (Å²) < 4.78 is 5.31. The minimum atomic E-state index is 0.0516. The molecule has 3 rings (SSSR count). The molecule has 1 fully saturated rings. The van der Waals surface area contributed by atoms with Crippen molar-refractivity contribution in [3.05, 3.63) is 71.4 Å². The SMILES string of the molecule is C=C(/C=C(C)\C=C/N)Nc1cccc(-c2ccc(C(=O)N3CCOCC3)s2)n1. The van der Waals surface area contributed by atoms with Crippen molar-refractivity contribution in [2.45, 2.75) is 6.92 Å². The largest absolute Gasteiger partial charge is 0.405 e. The second kappa shape index (κ2) is 9.34. The van der Waals surface area contributed by atoms with Gasteiger partial charge in [0.05, 0.1) is 28.7 Å². The normalized spacial score (nSPS) is 15.0. The van der Waals surface area contributed by atoms with Crippen LogP contribution >= 0.6 is 11.3 Å². The highest BCUT2D eigenvalue weighted by Gasteiger charge is 2.20. The second-order valence-electron chi connectivity index (χ2n) is 6.37. The molecule has 2 aromatic heterocycles. The van der Waals surface area contributed by atoms with E-state index in [1.807, 2.05) is 48.2 Å². The van der Waals surface area contributed by atoms with Gasteiger partial charge in [0.25, 0.3) is 5.91 Å². The summed E-state index contributed by atoms with van der Waals surface area (Å²) in [6.07, 6.45) is 5.18. The van der Waals surface area contributed by atoms with Gasteiger partial charge in [0.2, 0.25) is 0 Å². The van der Waals surface area contributed by atoms with E-state index in [2.05, 4.69) is 16.9 Å². The van der Waals surface area contributed by atoms with Crippen LogP contribution in [0.2, 0.25) is 0 Å². The van der Waals surface area contributed by atoms with E-state index in [1.54, 1.807) is 6.08 Å². The summed E-state index contributed by atoms with van der Waals surface area (Å²) in [6, 6.07) is 9.54. The predicted molar refractivity (Wildman–Crippen MR) is 114 cm³/mol. The van der Waals surface area contributed by atoms with Crippen molar-refractivity contribution >= 4 is 23.1 Å². The van der Waals surface area contributed by atoms with E-state index >= 15 is 0 Å². The molecule has 1 amide bonds. The van der Waals surface area contributed by atoms with E-state index < -0.39 is 0 Å². The third-order valence-electron chi connectivity index (χ3n) is 4.17. The van der Waals surface area contributed by atoms with Gasteiger partial charge in [-0.25, -0.2) is 4.98 Å². The molecule has 0 spiro atoms. The average molecular weight is 397 g/mol. The van der Waals surface area contributed by atoms with E-state index in [0.29, 0.717) is 37.0 Å². The zero-order valence-corrected chi connectivity index (χ0v) is 16.7. The summed E-state index contributed by atoms with van der Waals surface area (Å²) >= 11 is 1.45. The van der Waals surface area contributed by atoms with Crippen LogP contribution in [0.5, 0.6) is 0 Å². The standard InChI is InChI=1S/C21H24N4O2S/c1-15(8-9-22)14-16(2)23-20-5-3-4-17(24-20)18-6-7-19(28-18)21(26)25-10-12-27-13-11-25/h3-9,14H,2,10-13,22H2,1H3,(H,23,24)/b9-8-,15-14-. The summed E-state index contributed by atoms with van der Waals surface area (Å²) in [5.74, 6) is 0.744. The fraction of sp³-hybridized carbons (Fsp3) is 0.238. The van der Waals surface area contributed by atoms with Crippen molar-refractivity contribution in [1.29, 1.82) is 0 Å². The molecule has 0 saturated carbocycles. The van der Waals surface area contributed by atoms with Crippen molar-refractivity contribution < 1.29 is 9.53 Å². The molecule has 1 saturated heterocycles. The summed E-state index contributed by atoms with van der Waals surface area (Å²) in [5, 5.41) is 3.18. The number of aromatic nitrogens is 1. The van der Waals surface area contributed by atoms with Gasteiger partial charge in [-0.3, -0.25) is 4.79 Å². The van der Waals surface area contributed by atoms with E-state index in [0.717, 1.165) is 21.8 Å². The highest BCUT2D eigenvalue weighted by molar-refractivity contribution is 7.17. The number of ether oxygens (including phenoxy) is 1. The number of anilines is 1. The van der Waals surface area contributed by atoms with Gasteiger partial charge in [-0.2, -0.15) is 0 Å². The van der Waals surface area contributed by atoms with Gasteiger partial charge in [-0.1, -0.05) is 12.6 Å². The van der Waals surface area contributed by atoms with E-state index in [1.165, 1.54) is 17.5 Å². The topological polar surface area (TPSA) is 80.5 Å². The van der Waals surface area contributed by atoms with E-state index in [9.17, 15) is 4.79 Å². The molecule has 0 bridgehead atoms. The molecule has 0 aliphatic carbocycles. The number of hydrogen-bond donors (Lipinski definition) is 2. The second-order valence-corrected chi connectivity index (χ2v) is 7.46. The zero-order chi connectivity index (χ0) is 19.9. The molecule has 1 aliphatic heterocycles. The van der Waals surface area contributed by atoms with Crippen molar-refractivity contribution in [2.75, 3.05) is 31.6 Å². The minimum absolute atomic E-state index is 0.0516. The van der Waals surface area contributed by atoms with E-state index in [-0.39, 0.29) is 5.91 Å². The Morgan fingerprint density at radius 2 is 2.11 bits per heavy atom. The number of nitrogens with one attached hydrogen (secondary N) is 1. The Morgan fingerprint density at radius 3 is 2.86 bits per heavy atom. The summed E-state index contributed by atoms with van der Waals surface area (Å²) in [4.78, 5) is 20.8. The van der Waals surface area contributed by atoms with Gasteiger partial charge < -0.3 is 20.7 Å². The lowest BCUT2D eigenvalue weighted by molar-refractivity contribution is 0.0306. The molecular formula is C21H24N4O2S. The fourth-order valence-corrected chi connectivity index (χ4v) is 3.77. The predicted octanol–water partition coefficient (Wildman–Crippen LogP) is 3.63. The third-order valence-corrected chi connectivity index (χ3v) is 5.26. The Bertz CT molecular complexity index is 911. The van der Waals surface area contributed by atoms with E-state index in [4.69, 9.17) is 10.5 Å². The minimum Gasteiger partial charge on any atom is -0.405 e. The molecule has 0 aromatic carbocycles. The number of hydrogen-bond acceptors (Lipinski definition) is 6. The summed E-state index contributed by atoms with van der Waals surface area (Å²) in [5.41, 5.74) is 7.91. The first-order chi connectivity index (χ1) is 13.6. The third kappa shape index (κ3) is 5.09. The first-order valence-corrected chi connectivity index (χ1v) is 9.85. The van der Waals surface area contributed by atoms with Crippen LogP contribution in [0.4, 0.5) is 5.82 Å². The van der Waals surface area contributed by atoms with Crippen molar-refractivity contribution in [1.82, 2.24) is 9.88 Å². The zero-order valence-electron chi connectivity index (χ0n) is 15.9. The lowest BCUT2D eigenvalue weighted by atomic mass is 10.2. The van der Waals surface area contributed by atoms with Crippen LogP contribution in [0.25, 0.3) is 10.6 Å². The molecule has 3 N–H and O–H groups in total. The smallest absolute Gasteiger partial charge is 0.264 e. The van der Waals surface area contributed by atoms with Gasteiger partial charge in [0, 0.05) is 18.8 Å². The first kappa shape index (κ1) is 19.9. The molecule has 3 heterocycles. The van der Waals surface area contributed by atoms with Gasteiger partial charge in [-0.15, -0.1) is 11.3 Å². The lowest BCUT2D eigenvalue weighted by Gasteiger charge is -2.26. The van der Waals surface area contributed by atoms with Crippen LogP contribution in [-0.2, 0) is 4.74 Å². The Kier molecular flexibility index (Phi) is 6.62. The van der Waals surface area contributed by atoms with Crippen molar-refractivity contribution in [2.24, 2.45) is 5.73 Å². The summed E-state index contributed by atoms with van der Waals surface area (Å²) in [6.45, 7) is 8.40. The molecule has 6 nitrogen and oxygen atoms in total. The highest BCUT2D eigenvalue weighted by Crippen LogP contribution is 2.28. The molecule has 0 atom stereocenters. The molecule has 146 valence electrons. The van der Waals surface area contributed by atoms with Crippen LogP contribution in [0, 0.1) is 0 Å². The number of thiophene rings is 1. The molecule has 28 heavy (non-hydrogen) atoms. The maximum atomic E-state index is 12.6. The number of allylic oxidation sites excluding steroid dienone is 3. The number of nitrogens with zero attached hydrogens (tertiary/aromatic N) is 2. The number of morpholine rings is 1. The quantitative estimate of drug-likeness (QED) is 0.729. The maximum absolute atomic E-state index is 12.6. The Morgan fingerprint density at radius 1 is 1.32 bits per heavy atom. The van der Waals surface area contributed by atoms with Crippen LogP contribution in [0.3, 0.4) is 0 Å². The van der Waals surface area contributed by atoms with Crippen LogP contribution in [-0.4, -0.2) is 42.1 Å². The Balaban J connectivity index is 1.72. The fourth-order valence-electron chi connectivity index (χ4n) is 2.83. The number of rotatable bonds is 6. The number of amides is 1. The van der Waals surface area contributed by atoms with Crippen LogP contribution in [0.1, 0.15) is 16.6 Å². The number of nitrogens with two attached hydrogens (primary N) is 1. The highest BCUT2D eigenvalue weighted by atomic mass is 32.1. The molecule has 1 aliphatic rings. The van der Waals surface area contributed by atoms with Gasteiger partial charge in [0.15, 0.2) is 0 Å². The molecule has 0 unspecified atom stereocenters. The van der Waals surface area contributed by atoms with Crippen LogP contribution in [0.15, 0.2) is 66.5 Å². The van der Waals surface area contributed by atoms with Crippen molar-refractivity contribution in [3.8, 4) is 10.6 Å². The van der Waals surface area contributed by atoms with Gasteiger partial charge in [-0.05, 0) is 55.1 Å². The number of carbonyl (C=O) groups is 1. The molecule has 7 heteroatoms. The van der Waals surface area contributed by atoms with Crippen LogP contribution < -0.4 is 11.1 Å². The summed E-state index contributed by atoms with van der Waals surface area (Å²) in [7, 11) is 0. The number of pyridine rings is 1. The first-order valence-electron chi connectivity index (χ1n) is 9.03. The van der Waals surface area contributed by atoms with Gasteiger partial charge in [0.1, 0.15) is 5.82 Å². The van der Waals surface area contributed by atoms with Gasteiger partial charge >= 0.3 is 0 Å². The Hall–Kier alpha value is -2.90. The monoisotopic (exact) mass is 396 g/mol.